The van der Waals surface area contributed by atoms with Gasteiger partial charge in [-0.15, -0.1) is 0 Å². The predicted molar refractivity (Wildman–Crippen MR) is 85.4 cm³/mol. The molecule has 2 N–H and O–H groups in total. The second-order valence-electron chi connectivity index (χ2n) is 6.33. The van der Waals surface area contributed by atoms with Crippen molar-refractivity contribution in [1.82, 2.24) is 4.90 Å². The third kappa shape index (κ3) is 4.02. The molecule has 0 saturated carbocycles. The number of nitrogens with two attached hydrogens (primary N) is 1. The Hall–Kier alpha value is -0.930. The Morgan fingerprint density at radius 3 is 2.37 bits per heavy atom. The summed E-state index contributed by atoms with van der Waals surface area (Å²) in [5.41, 5.74) is 7.67. The molecule has 1 heterocycles. The molecule has 0 radical (unpaired) electrons. The van der Waals surface area contributed by atoms with Crippen LogP contribution in [0.15, 0.2) is 30.3 Å². The molecule has 0 spiro atoms. The van der Waals surface area contributed by atoms with Gasteiger partial charge in [-0.25, -0.2) is 0 Å². The lowest BCUT2D eigenvalue weighted by Crippen LogP contribution is -2.41. The van der Waals surface area contributed by atoms with E-state index in [-0.39, 0.29) is 5.92 Å². The highest BCUT2D eigenvalue weighted by Gasteiger charge is 2.27. The van der Waals surface area contributed by atoms with Crippen molar-refractivity contribution in [2.75, 3.05) is 19.6 Å². The average molecular weight is 276 g/mol. The maximum absolute atomic E-state index is 5.94. The Morgan fingerprint density at radius 2 is 1.84 bits per heavy atom. The van der Waals surface area contributed by atoms with E-state index in [1.54, 1.807) is 0 Å². The van der Waals surface area contributed by atoms with Crippen LogP contribution in [0.4, 0.5) is 0 Å². The minimum absolute atomic E-state index is 0.178. The van der Waals surface area contributed by atoms with Crippen LogP contribution in [-0.2, 0) is 0 Å². The van der Waals surface area contributed by atoms with E-state index in [9.17, 15) is 0 Å². The van der Waals surface area contributed by atoms with E-state index in [1.165, 1.54) is 18.4 Å². The van der Waals surface area contributed by atoms with E-state index in [0.29, 0.717) is 10.4 Å². The zero-order chi connectivity index (χ0) is 13.9. The molecule has 1 atom stereocenters. The van der Waals surface area contributed by atoms with Gasteiger partial charge in [-0.3, -0.25) is 0 Å². The number of piperidine rings is 1. The first kappa shape index (κ1) is 14.5. The fourth-order valence-corrected chi connectivity index (χ4v) is 2.85. The molecule has 104 valence electrons. The third-order valence-electron chi connectivity index (χ3n) is 4.20. The number of likely N-dealkylation sites (tertiary alicyclic amines) is 1. The van der Waals surface area contributed by atoms with Crippen molar-refractivity contribution in [2.45, 2.75) is 32.6 Å². The van der Waals surface area contributed by atoms with Gasteiger partial charge in [-0.2, -0.15) is 0 Å². The number of hydrogen-bond acceptors (Lipinski definition) is 2. The van der Waals surface area contributed by atoms with Crippen LogP contribution in [0.25, 0.3) is 0 Å². The molecule has 1 aliphatic heterocycles. The van der Waals surface area contributed by atoms with Crippen molar-refractivity contribution in [3.8, 4) is 0 Å². The van der Waals surface area contributed by atoms with Crippen molar-refractivity contribution < 1.29 is 0 Å². The molecule has 1 fully saturated rings. The van der Waals surface area contributed by atoms with E-state index in [4.69, 9.17) is 18.0 Å². The number of benzene rings is 1. The van der Waals surface area contributed by atoms with Crippen LogP contribution in [-0.4, -0.2) is 29.5 Å². The first-order chi connectivity index (χ1) is 8.98. The number of nitrogens with zero attached hydrogens (tertiary/aromatic N) is 1. The normalized spacial score (nSPS) is 20.9. The highest BCUT2D eigenvalue weighted by atomic mass is 32.1. The number of rotatable bonds is 4. The summed E-state index contributed by atoms with van der Waals surface area (Å²) in [6.07, 6.45) is 2.51. The molecule has 1 aromatic rings. The summed E-state index contributed by atoms with van der Waals surface area (Å²) in [7, 11) is 0. The van der Waals surface area contributed by atoms with Crippen LogP contribution < -0.4 is 5.73 Å². The monoisotopic (exact) mass is 276 g/mol. The molecule has 1 aromatic carbocycles. The Kier molecular flexibility index (Phi) is 4.58. The molecular formula is C16H24N2S. The lowest BCUT2D eigenvalue weighted by atomic mass is 9.82. The van der Waals surface area contributed by atoms with Gasteiger partial charge in [-0.1, -0.05) is 56.4 Å². The first-order valence-corrected chi connectivity index (χ1v) is 7.45. The first-order valence-electron chi connectivity index (χ1n) is 7.04. The summed E-state index contributed by atoms with van der Waals surface area (Å²) in [6.45, 7) is 7.96. The standard InChI is InChI=1S/C16H24N2S/c1-16(2)8-10-18(11-9-16)12-14(15(17)19)13-6-4-3-5-7-13/h3-7,14H,8-12H2,1-2H3,(H2,17,19). The van der Waals surface area contributed by atoms with E-state index >= 15 is 0 Å². The third-order valence-corrected chi connectivity index (χ3v) is 4.48. The Balaban J connectivity index is 2.01. The fraction of sp³-hybridized carbons (Fsp3) is 0.562. The maximum atomic E-state index is 5.94. The van der Waals surface area contributed by atoms with Gasteiger partial charge in [0.05, 0.1) is 4.99 Å². The Bertz CT molecular complexity index is 418. The van der Waals surface area contributed by atoms with Crippen LogP contribution in [0.2, 0.25) is 0 Å². The lowest BCUT2D eigenvalue weighted by molar-refractivity contribution is 0.132. The molecule has 2 rings (SSSR count). The van der Waals surface area contributed by atoms with Gasteiger partial charge in [0, 0.05) is 12.5 Å². The molecule has 0 aliphatic carbocycles. The van der Waals surface area contributed by atoms with E-state index < -0.39 is 0 Å². The van der Waals surface area contributed by atoms with Crippen LogP contribution in [0, 0.1) is 5.41 Å². The van der Waals surface area contributed by atoms with Crippen molar-refractivity contribution in [3.05, 3.63) is 35.9 Å². The largest absolute Gasteiger partial charge is 0.393 e. The van der Waals surface area contributed by atoms with Crippen LogP contribution in [0.3, 0.4) is 0 Å². The van der Waals surface area contributed by atoms with E-state index in [1.807, 2.05) is 6.07 Å². The predicted octanol–water partition coefficient (Wildman–Crippen LogP) is 3.18. The molecule has 0 bridgehead atoms. The van der Waals surface area contributed by atoms with E-state index in [0.717, 1.165) is 19.6 Å². The van der Waals surface area contributed by atoms with Gasteiger partial charge in [0.25, 0.3) is 0 Å². The summed E-state index contributed by atoms with van der Waals surface area (Å²) in [5.74, 6) is 0.178. The van der Waals surface area contributed by atoms with E-state index in [2.05, 4.69) is 43.0 Å². The summed E-state index contributed by atoms with van der Waals surface area (Å²) >= 11 is 5.26. The van der Waals surface area contributed by atoms with Crippen molar-refractivity contribution in [1.29, 1.82) is 0 Å². The Morgan fingerprint density at radius 1 is 1.26 bits per heavy atom. The van der Waals surface area contributed by atoms with Gasteiger partial charge < -0.3 is 10.6 Å². The molecule has 1 saturated heterocycles. The minimum atomic E-state index is 0.178. The highest BCUT2D eigenvalue weighted by Crippen LogP contribution is 2.30. The van der Waals surface area contributed by atoms with Crippen molar-refractivity contribution in [2.24, 2.45) is 11.1 Å². The number of hydrogen-bond donors (Lipinski definition) is 1. The van der Waals surface area contributed by atoms with Gasteiger partial charge in [0.2, 0.25) is 0 Å². The molecular weight excluding hydrogens is 252 g/mol. The molecule has 0 amide bonds. The molecule has 3 heteroatoms. The zero-order valence-electron chi connectivity index (χ0n) is 11.9. The van der Waals surface area contributed by atoms with Crippen molar-refractivity contribution in [3.63, 3.8) is 0 Å². The molecule has 0 aromatic heterocycles. The summed E-state index contributed by atoms with van der Waals surface area (Å²) in [5, 5.41) is 0. The zero-order valence-corrected chi connectivity index (χ0v) is 12.7. The van der Waals surface area contributed by atoms with Crippen LogP contribution in [0.1, 0.15) is 38.2 Å². The molecule has 1 unspecified atom stereocenters. The highest BCUT2D eigenvalue weighted by molar-refractivity contribution is 7.80. The minimum Gasteiger partial charge on any atom is -0.393 e. The van der Waals surface area contributed by atoms with Gasteiger partial charge in [0.15, 0.2) is 0 Å². The second-order valence-corrected chi connectivity index (χ2v) is 6.80. The van der Waals surface area contributed by atoms with Crippen LogP contribution >= 0.6 is 12.2 Å². The topological polar surface area (TPSA) is 29.3 Å². The summed E-state index contributed by atoms with van der Waals surface area (Å²) in [4.78, 5) is 3.11. The lowest BCUT2D eigenvalue weighted by Gasteiger charge is -2.38. The summed E-state index contributed by atoms with van der Waals surface area (Å²) < 4.78 is 0. The van der Waals surface area contributed by atoms with Crippen LogP contribution in [0.5, 0.6) is 0 Å². The maximum Gasteiger partial charge on any atom is 0.0816 e. The fourth-order valence-electron chi connectivity index (χ4n) is 2.64. The van der Waals surface area contributed by atoms with Gasteiger partial charge in [-0.05, 0) is 36.9 Å². The molecule has 1 aliphatic rings. The number of thiocarbonyl (C=S) groups is 1. The summed E-state index contributed by atoms with van der Waals surface area (Å²) in [6, 6.07) is 10.4. The SMILES string of the molecule is CC1(C)CCN(CC(C(N)=S)c2ccccc2)CC1. The molecule has 19 heavy (non-hydrogen) atoms. The molecule has 2 nitrogen and oxygen atoms in total. The average Bonchev–Trinajstić information content (AvgIpc) is 2.38. The quantitative estimate of drug-likeness (QED) is 0.857. The van der Waals surface area contributed by atoms with Gasteiger partial charge >= 0.3 is 0 Å². The van der Waals surface area contributed by atoms with Gasteiger partial charge in [0.1, 0.15) is 0 Å². The smallest absolute Gasteiger partial charge is 0.0816 e. The Labute approximate surface area is 122 Å². The second kappa shape index (κ2) is 6.02. The van der Waals surface area contributed by atoms with Crippen molar-refractivity contribution >= 4 is 17.2 Å².